The van der Waals surface area contributed by atoms with Gasteiger partial charge in [0.2, 0.25) is 5.89 Å². The maximum Gasteiger partial charge on any atom is 0.235 e. The number of ether oxygens (including phenoxy) is 1. The summed E-state index contributed by atoms with van der Waals surface area (Å²) in [5, 5.41) is 3.95. The van der Waals surface area contributed by atoms with Gasteiger partial charge in [0.15, 0.2) is 5.82 Å². The molecular formula is C13H15N3O2S. The van der Waals surface area contributed by atoms with Crippen LogP contribution in [0, 0.1) is 0 Å². The third kappa shape index (κ3) is 2.39. The molecule has 0 amide bonds. The molecule has 3 rings (SSSR count). The number of hydrogen-bond donors (Lipinski definition) is 1. The van der Waals surface area contributed by atoms with Crippen molar-refractivity contribution in [2.75, 3.05) is 19.5 Å². The molecule has 2 aromatic rings. The number of rotatable bonds is 4. The molecule has 0 saturated carbocycles. The molecule has 1 aliphatic rings. The summed E-state index contributed by atoms with van der Waals surface area (Å²) in [7, 11) is 1.60. The van der Waals surface area contributed by atoms with Gasteiger partial charge in [-0.2, -0.15) is 4.98 Å². The van der Waals surface area contributed by atoms with E-state index in [4.69, 9.17) is 15.0 Å². The predicted molar refractivity (Wildman–Crippen MR) is 72.1 cm³/mol. The topological polar surface area (TPSA) is 74.2 Å². The van der Waals surface area contributed by atoms with Crippen LogP contribution in [0.2, 0.25) is 0 Å². The van der Waals surface area contributed by atoms with E-state index in [0.29, 0.717) is 18.3 Å². The molecule has 0 aliphatic carbocycles. The zero-order valence-electron chi connectivity index (χ0n) is 10.6. The molecule has 0 spiro atoms. The SMILES string of the molecule is COCC(N)c1noc(C2CSc3ccccc32)n1. The number of fused-ring (bicyclic) bond motifs is 1. The number of nitrogens with zero attached hydrogens (tertiary/aromatic N) is 2. The largest absolute Gasteiger partial charge is 0.383 e. The van der Waals surface area contributed by atoms with Gasteiger partial charge in [-0.05, 0) is 11.6 Å². The molecule has 0 bridgehead atoms. The molecule has 2 unspecified atom stereocenters. The minimum atomic E-state index is -0.341. The summed E-state index contributed by atoms with van der Waals surface area (Å²) in [5.41, 5.74) is 7.15. The van der Waals surface area contributed by atoms with Gasteiger partial charge in [0.25, 0.3) is 0 Å². The average Bonchev–Trinajstić information content (AvgIpc) is 3.05. The van der Waals surface area contributed by atoms with Crippen molar-refractivity contribution in [1.29, 1.82) is 0 Å². The maximum absolute atomic E-state index is 5.90. The van der Waals surface area contributed by atoms with Crippen molar-refractivity contribution in [3.63, 3.8) is 0 Å². The van der Waals surface area contributed by atoms with Crippen molar-refractivity contribution in [3.05, 3.63) is 41.5 Å². The maximum atomic E-state index is 5.90. The monoisotopic (exact) mass is 277 g/mol. The molecule has 0 saturated heterocycles. The molecular weight excluding hydrogens is 262 g/mol. The fourth-order valence-corrected chi connectivity index (χ4v) is 3.38. The van der Waals surface area contributed by atoms with Gasteiger partial charge >= 0.3 is 0 Å². The summed E-state index contributed by atoms with van der Waals surface area (Å²) in [6.07, 6.45) is 0. The Morgan fingerprint density at radius 2 is 2.37 bits per heavy atom. The summed E-state index contributed by atoms with van der Waals surface area (Å²) < 4.78 is 10.4. The van der Waals surface area contributed by atoms with Crippen molar-refractivity contribution in [1.82, 2.24) is 10.1 Å². The quantitative estimate of drug-likeness (QED) is 0.920. The van der Waals surface area contributed by atoms with E-state index >= 15 is 0 Å². The van der Waals surface area contributed by atoms with Crippen LogP contribution in [0.25, 0.3) is 0 Å². The standard InChI is InChI=1S/C13H15N3O2S/c1-17-6-10(14)12-15-13(18-16-12)9-7-19-11-5-3-2-4-8(9)11/h2-5,9-10H,6-7,14H2,1H3. The molecule has 0 fully saturated rings. The highest BCUT2D eigenvalue weighted by Crippen LogP contribution is 2.42. The van der Waals surface area contributed by atoms with Crippen LogP contribution in [0.1, 0.15) is 29.2 Å². The summed E-state index contributed by atoms with van der Waals surface area (Å²) in [6.45, 7) is 0.384. The summed E-state index contributed by atoms with van der Waals surface area (Å²) in [5.74, 6) is 2.24. The van der Waals surface area contributed by atoms with Crippen molar-refractivity contribution >= 4 is 11.8 Å². The van der Waals surface area contributed by atoms with Crippen LogP contribution < -0.4 is 5.73 Å². The second kappa shape index (κ2) is 5.32. The van der Waals surface area contributed by atoms with E-state index in [-0.39, 0.29) is 12.0 Å². The van der Waals surface area contributed by atoms with Gasteiger partial charge in [0, 0.05) is 17.8 Å². The Morgan fingerprint density at radius 1 is 1.53 bits per heavy atom. The highest BCUT2D eigenvalue weighted by atomic mass is 32.2. The predicted octanol–water partition coefficient (Wildman–Crippen LogP) is 1.95. The van der Waals surface area contributed by atoms with Crippen LogP contribution in [0.15, 0.2) is 33.7 Å². The van der Waals surface area contributed by atoms with E-state index in [1.807, 2.05) is 23.9 Å². The Hall–Kier alpha value is -1.37. The fourth-order valence-electron chi connectivity index (χ4n) is 2.16. The zero-order valence-corrected chi connectivity index (χ0v) is 11.4. The third-order valence-corrected chi connectivity index (χ3v) is 4.32. The number of benzene rings is 1. The smallest absolute Gasteiger partial charge is 0.235 e. The van der Waals surface area contributed by atoms with Gasteiger partial charge in [0.05, 0.1) is 18.6 Å². The van der Waals surface area contributed by atoms with E-state index in [1.54, 1.807) is 7.11 Å². The first-order valence-corrected chi connectivity index (χ1v) is 7.08. The Balaban J connectivity index is 1.85. The van der Waals surface area contributed by atoms with E-state index in [1.165, 1.54) is 10.5 Å². The first kappa shape index (κ1) is 12.7. The molecule has 5 nitrogen and oxygen atoms in total. The Labute approximate surface area is 115 Å². The molecule has 2 heterocycles. The molecule has 0 radical (unpaired) electrons. The van der Waals surface area contributed by atoms with E-state index in [2.05, 4.69) is 22.3 Å². The van der Waals surface area contributed by atoms with Crippen molar-refractivity contribution < 1.29 is 9.26 Å². The van der Waals surface area contributed by atoms with Gasteiger partial charge in [-0.15, -0.1) is 11.8 Å². The lowest BCUT2D eigenvalue weighted by Crippen LogP contribution is -2.17. The van der Waals surface area contributed by atoms with Crippen LogP contribution in [0.3, 0.4) is 0 Å². The van der Waals surface area contributed by atoms with Crippen LogP contribution in [0.5, 0.6) is 0 Å². The number of thioether (sulfide) groups is 1. The fraction of sp³-hybridized carbons (Fsp3) is 0.385. The highest BCUT2D eigenvalue weighted by molar-refractivity contribution is 7.99. The summed E-state index contributed by atoms with van der Waals surface area (Å²) >= 11 is 1.82. The summed E-state index contributed by atoms with van der Waals surface area (Å²) in [4.78, 5) is 5.70. The van der Waals surface area contributed by atoms with Crippen molar-refractivity contribution in [3.8, 4) is 0 Å². The molecule has 100 valence electrons. The van der Waals surface area contributed by atoms with Crippen LogP contribution in [-0.4, -0.2) is 29.6 Å². The van der Waals surface area contributed by atoms with Crippen LogP contribution in [0.4, 0.5) is 0 Å². The lowest BCUT2D eigenvalue weighted by Gasteiger charge is -2.05. The Bertz CT molecular complexity index is 573. The molecule has 6 heteroatoms. The molecule has 1 aliphatic heterocycles. The second-order valence-corrected chi connectivity index (χ2v) is 5.52. The molecule has 1 aromatic heterocycles. The van der Waals surface area contributed by atoms with Crippen LogP contribution in [-0.2, 0) is 4.74 Å². The third-order valence-electron chi connectivity index (χ3n) is 3.13. The Morgan fingerprint density at radius 3 is 3.21 bits per heavy atom. The van der Waals surface area contributed by atoms with Gasteiger partial charge in [0.1, 0.15) is 0 Å². The lowest BCUT2D eigenvalue weighted by molar-refractivity contribution is 0.177. The Kier molecular flexibility index (Phi) is 3.54. The highest BCUT2D eigenvalue weighted by Gasteiger charge is 2.29. The normalized spacial score (nSPS) is 19.4. The minimum Gasteiger partial charge on any atom is -0.383 e. The average molecular weight is 277 g/mol. The second-order valence-electron chi connectivity index (χ2n) is 4.45. The van der Waals surface area contributed by atoms with Crippen molar-refractivity contribution in [2.24, 2.45) is 5.73 Å². The minimum absolute atomic E-state index is 0.164. The summed E-state index contributed by atoms with van der Waals surface area (Å²) in [6, 6.07) is 7.97. The zero-order chi connectivity index (χ0) is 13.2. The van der Waals surface area contributed by atoms with Crippen molar-refractivity contribution in [2.45, 2.75) is 16.9 Å². The van der Waals surface area contributed by atoms with Gasteiger partial charge in [-0.1, -0.05) is 23.4 Å². The van der Waals surface area contributed by atoms with Gasteiger partial charge in [-0.3, -0.25) is 0 Å². The number of methoxy groups -OCH3 is 1. The lowest BCUT2D eigenvalue weighted by atomic mass is 10.0. The first-order chi connectivity index (χ1) is 9.29. The van der Waals surface area contributed by atoms with Crippen LogP contribution >= 0.6 is 11.8 Å². The molecule has 2 atom stereocenters. The van der Waals surface area contributed by atoms with E-state index in [0.717, 1.165) is 5.75 Å². The number of hydrogen-bond acceptors (Lipinski definition) is 6. The van der Waals surface area contributed by atoms with E-state index < -0.39 is 0 Å². The molecule has 1 aromatic carbocycles. The number of nitrogens with two attached hydrogens (primary N) is 1. The van der Waals surface area contributed by atoms with E-state index in [9.17, 15) is 0 Å². The first-order valence-electron chi connectivity index (χ1n) is 6.09. The number of aromatic nitrogens is 2. The van der Waals surface area contributed by atoms with Gasteiger partial charge < -0.3 is 15.0 Å². The van der Waals surface area contributed by atoms with Gasteiger partial charge in [-0.25, -0.2) is 0 Å². The molecule has 2 N–H and O–H groups in total. The molecule has 19 heavy (non-hydrogen) atoms.